The van der Waals surface area contributed by atoms with E-state index in [4.69, 9.17) is 9.97 Å². The van der Waals surface area contributed by atoms with Gasteiger partial charge in [-0.3, -0.25) is 9.20 Å². The summed E-state index contributed by atoms with van der Waals surface area (Å²) in [7, 11) is 0. The zero-order valence-electron chi connectivity index (χ0n) is 15.2. The van der Waals surface area contributed by atoms with Crippen LogP contribution in [0.25, 0.3) is 15.9 Å². The van der Waals surface area contributed by atoms with Crippen molar-refractivity contribution in [2.75, 3.05) is 6.54 Å². The number of benzene rings is 1. The lowest BCUT2D eigenvalue weighted by Crippen LogP contribution is -3.09. The largest absolute Gasteiger partial charge is 0.322 e. The van der Waals surface area contributed by atoms with E-state index in [1.807, 2.05) is 31.3 Å². The van der Waals surface area contributed by atoms with Gasteiger partial charge in [0, 0.05) is 25.1 Å². The van der Waals surface area contributed by atoms with Crippen LogP contribution in [0, 0.1) is 6.92 Å². The summed E-state index contributed by atoms with van der Waals surface area (Å²) in [5.74, 6) is 0. The highest BCUT2D eigenvalue weighted by Gasteiger charge is 2.33. The van der Waals surface area contributed by atoms with Crippen molar-refractivity contribution >= 4 is 27.2 Å². The molecule has 136 valence electrons. The summed E-state index contributed by atoms with van der Waals surface area (Å²) in [5.41, 5.74) is 3.72. The lowest BCUT2D eigenvalue weighted by atomic mass is 10.2. The summed E-state index contributed by atoms with van der Waals surface area (Å²) in [5, 5.41) is 1.21. The van der Waals surface area contributed by atoms with Crippen LogP contribution < -0.4 is 10.5 Å². The third kappa shape index (κ3) is 3.05. The third-order valence-corrected chi connectivity index (χ3v) is 6.51. The quantitative estimate of drug-likeness (QED) is 0.597. The van der Waals surface area contributed by atoms with Gasteiger partial charge >= 0.3 is 0 Å². The summed E-state index contributed by atoms with van der Waals surface area (Å²) in [6.07, 6.45) is 4.17. The molecule has 1 fully saturated rings. The first-order chi connectivity index (χ1) is 13.2. The normalized spacial score (nSPS) is 19.9. The van der Waals surface area contributed by atoms with Crippen LogP contribution in [0.3, 0.4) is 0 Å². The highest BCUT2D eigenvalue weighted by atomic mass is 32.1. The number of aromatic nitrogens is 3. The molecular formula is C21H21N4OS+. The number of pyridine rings is 1. The Morgan fingerprint density at radius 1 is 1.22 bits per heavy atom. The van der Waals surface area contributed by atoms with Gasteiger partial charge in [-0.15, -0.1) is 11.3 Å². The standard InChI is InChI=1S/C21H20N4OS/c1-14-8-9-19-22-15(11-20(26)25(19)12-14)13-24-10-4-6-17(24)21-23-16-5-2-3-7-18(16)27-21/h2-3,5,7-9,11-12,17H,4,6,10,13H2,1H3/p+1/t17-/m1/s1. The number of thiazole rings is 1. The van der Waals surface area contributed by atoms with Gasteiger partial charge in [0.25, 0.3) is 5.56 Å². The van der Waals surface area contributed by atoms with Crippen molar-refractivity contribution < 1.29 is 4.90 Å². The Bertz CT molecular complexity index is 1160. The van der Waals surface area contributed by atoms with Gasteiger partial charge in [0.2, 0.25) is 0 Å². The highest BCUT2D eigenvalue weighted by Crippen LogP contribution is 2.28. The molecule has 1 N–H and O–H groups in total. The fourth-order valence-corrected chi connectivity index (χ4v) is 5.20. The fourth-order valence-electron chi connectivity index (χ4n) is 4.04. The van der Waals surface area contributed by atoms with E-state index in [2.05, 4.69) is 18.2 Å². The van der Waals surface area contributed by atoms with Crippen LogP contribution in [0.2, 0.25) is 0 Å². The molecule has 1 aliphatic heterocycles. The minimum Gasteiger partial charge on any atom is -0.322 e. The molecule has 2 atom stereocenters. The molecule has 0 aliphatic carbocycles. The first-order valence-corrected chi connectivity index (χ1v) is 10.2. The van der Waals surface area contributed by atoms with Crippen LogP contribution >= 0.6 is 11.3 Å². The Kier molecular flexibility index (Phi) is 4.02. The maximum absolute atomic E-state index is 12.5. The number of likely N-dealkylation sites (tertiary alicyclic amines) is 1. The predicted molar refractivity (Wildman–Crippen MR) is 107 cm³/mol. The van der Waals surface area contributed by atoms with Crippen molar-refractivity contribution in [1.29, 1.82) is 0 Å². The highest BCUT2D eigenvalue weighted by molar-refractivity contribution is 7.18. The number of hydrogen-bond acceptors (Lipinski definition) is 4. The lowest BCUT2D eigenvalue weighted by molar-refractivity contribution is -0.932. The van der Waals surface area contributed by atoms with Gasteiger partial charge in [-0.05, 0) is 30.7 Å². The number of para-hydroxylation sites is 1. The van der Waals surface area contributed by atoms with Gasteiger partial charge in [0.05, 0.1) is 16.8 Å². The van der Waals surface area contributed by atoms with Crippen molar-refractivity contribution in [2.24, 2.45) is 0 Å². The number of fused-ring (bicyclic) bond motifs is 2. The Morgan fingerprint density at radius 3 is 3.00 bits per heavy atom. The van der Waals surface area contributed by atoms with E-state index in [0.29, 0.717) is 6.04 Å². The van der Waals surface area contributed by atoms with Crippen LogP contribution in [0.1, 0.15) is 35.1 Å². The molecule has 1 aliphatic rings. The van der Waals surface area contributed by atoms with E-state index in [1.54, 1.807) is 21.8 Å². The third-order valence-electron chi connectivity index (χ3n) is 5.36. The Hall–Kier alpha value is -2.57. The van der Waals surface area contributed by atoms with E-state index >= 15 is 0 Å². The Labute approximate surface area is 160 Å². The molecule has 4 aromatic rings. The number of aryl methyl sites for hydroxylation is 1. The van der Waals surface area contributed by atoms with E-state index < -0.39 is 0 Å². The van der Waals surface area contributed by atoms with E-state index in [0.717, 1.165) is 41.9 Å². The minimum atomic E-state index is -0.00571. The second kappa shape index (κ2) is 6.55. The van der Waals surface area contributed by atoms with E-state index in [-0.39, 0.29) is 5.56 Å². The molecule has 5 rings (SSSR count). The van der Waals surface area contributed by atoms with Crippen LogP contribution in [-0.2, 0) is 6.54 Å². The molecule has 0 radical (unpaired) electrons. The van der Waals surface area contributed by atoms with Crippen molar-refractivity contribution in [3.8, 4) is 0 Å². The number of rotatable bonds is 3. The van der Waals surface area contributed by atoms with Gasteiger partial charge < -0.3 is 4.90 Å². The van der Waals surface area contributed by atoms with Gasteiger partial charge in [-0.1, -0.05) is 18.2 Å². The summed E-state index contributed by atoms with van der Waals surface area (Å²) in [6.45, 7) is 3.84. The molecule has 0 spiro atoms. The molecule has 4 heterocycles. The van der Waals surface area contributed by atoms with Crippen molar-refractivity contribution in [2.45, 2.75) is 32.4 Å². The summed E-state index contributed by atoms with van der Waals surface area (Å²) < 4.78 is 2.87. The lowest BCUT2D eigenvalue weighted by Gasteiger charge is -2.19. The molecule has 1 unspecified atom stereocenters. The van der Waals surface area contributed by atoms with Crippen LogP contribution in [0.15, 0.2) is 53.5 Å². The molecule has 0 amide bonds. The van der Waals surface area contributed by atoms with Gasteiger partial charge in [-0.25, -0.2) is 9.97 Å². The molecule has 1 saturated heterocycles. The van der Waals surface area contributed by atoms with E-state index in [1.165, 1.54) is 21.0 Å². The van der Waals surface area contributed by atoms with Gasteiger partial charge in [0.1, 0.15) is 23.9 Å². The Morgan fingerprint density at radius 2 is 2.11 bits per heavy atom. The molecule has 0 bridgehead atoms. The predicted octanol–water partition coefficient (Wildman–Crippen LogP) is 2.53. The molecule has 6 heteroatoms. The summed E-state index contributed by atoms with van der Waals surface area (Å²) in [4.78, 5) is 23.6. The van der Waals surface area contributed by atoms with Crippen molar-refractivity contribution in [1.82, 2.24) is 14.4 Å². The number of hydrogen-bond donors (Lipinski definition) is 1. The molecular weight excluding hydrogens is 356 g/mol. The number of nitrogens with zero attached hydrogens (tertiary/aromatic N) is 3. The second-order valence-corrected chi connectivity index (χ2v) is 8.38. The molecule has 5 nitrogen and oxygen atoms in total. The zero-order chi connectivity index (χ0) is 18.4. The van der Waals surface area contributed by atoms with Crippen molar-refractivity contribution in [3.05, 3.63) is 75.3 Å². The maximum atomic E-state index is 12.5. The zero-order valence-corrected chi connectivity index (χ0v) is 16.0. The van der Waals surface area contributed by atoms with Crippen molar-refractivity contribution in [3.63, 3.8) is 0 Å². The number of quaternary nitrogens is 1. The topological polar surface area (TPSA) is 51.7 Å². The molecule has 27 heavy (non-hydrogen) atoms. The average Bonchev–Trinajstić information content (AvgIpc) is 3.28. The molecule has 1 aromatic carbocycles. The maximum Gasteiger partial charge on any atom is 0.258 e. The monoisotopic (exact) mass is 377 g/mol. The van der Waals surface area contributed by atoms with E-state index in [9.17, 15) is 4.79 Å². The summed E-state index contributed by atoms with van der Waals surface area (Å²) >= 11 is 1.80. The molecule has 3 aromatic heterocycles. The fraction of sp³-hybridized carbons (Fsp3) is 0.286. The second-order valence-electron chi connectivity index (χ2n) is 7.32. The molecule has 0 saturated carbocycles. The van der Waals surface area contributed by atoms with Crippen LogP contribution in [0.4, 0.5) is 0 Å². The van der Waals surface area contributed by atoms with Crippen LogP contribution in [-0.4, -0.2) is 20.9 Å². The Balaban J connectivity index is 1.46. The van der Waals surface area contributed by atoms with Crippen LogP contribution in [0.5, 0.6) is 0 Å². The first-order valence-electron chi connectivity index (χ1n) is 9.36. The van der Waals surface area contributed by atoms with Gasteiger partial charge in [0.15, 0.2) is 5.01 Å². The summed E-state index contributed by atoms with van der Waals surface area (Å²) in [6, 6.07) is 14.3. The van der Waals surface area contributed by atoms with Gasteiger partial charge in [-0.2, -0.15) is 0 Å². The first kappa shape index (κ1) is 16.6. The smallest absolute Gasteiger partial charge is 0.258 e. The number of nitrogens with one attached hydrogen (secondary N) is 1. The average molecular weight is 377 g/mol. The SMILES string of the molecule is Cc1ccc2nc(C[NH+]3CCC[C@@H]3c3nc4ccccc4s3)cc(=O)n2c1. The minimum absolute atomic E-state index is 0.00571.